The Morgan fingerprint density at radius 1 is 1.25 bits per heavy atom. The summed E-state index contributed by atoms with van der Waals surface area (Å²) in [6.07, 6.45) is 0. The maximum atomic E-state index is 14.6. The van der Waals surface area contributed by atoms with Crippen molar-refractivity contribution in [3.05, 3.63) is 29.6 Å². The molecule has 1 aromatic carbocycles. The smallest absolute Gasteiger partial charge is 0.169 e. The fourth-order valence-corrected chi connectivity index (χ4v) is 3.05. The summed E-state index contributed by atoms with van der Waals surface area (Å²) < 4.78 is 19.8. The highest BCUT2D eigenvalue weighted by molar-refractivity contribution is 5.34. The van der Waals surface area contributed by atoms with Crippen LogP contribution in [0.1, 0.15) is 32.4 Å². The summed E-state index contributed by atoms with van der Waals surface area (Å²) in [6.45, 7) is 10.3. The van der Waals surface area contributed by atoms with E-state index in [9.17, 15) is 4.39 Å². The third kappa shape index (κ3) is 3.13. The van der Waals surface area contributed by atoms with Crippen LogP contribution < -0.4 is 10.1 Å². The predicted molar refractivity (Wildman–Crippen MR) is 79.6 cm³/mol. The first kappa shape index (κ1) is 15.3. The molecule has 1 saturated heterocycles. The molecule has 112 valence electrons. The molecule has 2 rings (SSSR count). The maximum absolute atomic E-state index is 14.6. The van der Waals surface area contributed by atoms with E-state index in [1.807, 2.05) is 12.1 Å². The van der Waals surface area contributed by atoms with Gasteiger partial charge in [0.1, 0.15) is 0 Å². The molecule has 0 unspecified atom stereocenters. The molecule has 1 fully saturated rings. The van der Waals surface area contributed by atoms with Gasteiger partial charge in [0.2, 0.25) is 0 Å². The largest absolute Gasteiger partial charge is 0.494 e. The third-order valence-corrected chi connectivity index (χ3v) is 3.84. The van der Waals surface area contributed by atoms with Gasteiger partial charge in [-0.2, -0.15) is 0 Å². The predicted octanol–water partition coefficient (Wildman–Crippen LogP) is 2.83. The van der Waals surface area contributed by atoms with Gasteiger partial charge in [-0.15, -0.1) is 0 Å². The van der Waals surface area contributed by atoms with Gasteiger partial charge in [0.15, 0.2) is 11.6 Å². The molecular formula is C16H25FN2O. The van der Waals surface area contributed by atoms with Crippen LogP contribution in [0.15, 0.2) is 18.2 Å². The molecule has 0 saturated carbocycles. The second kappa shape index (κ2) is 6.10. The van der Waals surface area contributed by atoms with Crippen LogP contribution in [0.2, 0.25) is 0 Å². The van der Waals surface area contributed by atoms with Crippen LogP contribution >= 0.6 is 0 Å². The van der Waals surface area contributed by atoms with Crippen molar-refractivity contribution in [3.63, 3.8) is 0 Å². The highest BCUT2D eigenvalue weighted by Crippen LogP contribution is 2.40. The first-order valence-corrected chi connectivity index (χ1v) is 7.22. The molecule has 1 aromatic rings. The van der Waals surface area contributed by atoms with E-state index < -0.39 is 0 Å². The maximum Gasteiger partial charge on any atom is 0.169 e. The van der Waals surface area contributed by atoms with Crippen molar-refractivity contribution in [2.45, 2.75) is 26.8 Å². The Balaban J connectivity index is 2.41. The Morgan fingerprint density at radius 3 is 2.45 bits per heavy atom. The number of piperazine rings is 1. The summed E-state index contributed by atoms with van der Waals surface area (Å²) >= 11 is 0. The monoisotopic (exact) mass is 280 g/mol. The van der Waals surface area contributed by atoms with Crippen LogP contribution in [0.4, 0.5) is 4.39 Å². The summed E-state index contributed by atoms with van der Waals surface area (Å²) in [5.74, 6) is 0.0975. The topological polar surface area (TPSA) is 24.5 Å². The molecule has 1 atom stereocenters. The van der Waals surface area contributed by atoms with Crippen molar-refractivity contribution in [2.24, 2.45) is 5.41 Å². The number of nitrogens with zero attached hydrogens (tertiary/aromatic N) is 1. The minimum atomic E-state index is -0.228. The van der Waals surface area contributed by atoms with Crippen molar-refractivity contribution < 1.29 is 9.13 Å². The lowest BCUT2D eigenvalue weighted by Gasteiger charge is -2.42. The van der Waals surface area contributed by atoms with E-state index in [0.29, 0.717) is 5.75 Å². The molecule has 0 amide bonds. The highest BCUT2D eigenvalue weighted by Gasteiger charge is 2.34. The third-order valence-electron chi connectivity index (χ3n) is 3.84. The van der Waals surface area contributed by atoms with Crippen molar-refractivity contribution in [3.8, 4) is 5.75 Å². The molecule has 20 heavy (non-hydrogen) atoms. The van der Waals surface area contributed by atoms with Crippen LogP contribution in [-0.4, -0.2) is 38.2 Å². The van der Waals surface area contributed by atoms with E-state index >= 15 is 0 Å². The molecule has 4 heteroatoms. The summed E-state index contributed by atoms with van der Waals surface area (Å²) in [5.41, 5.74) is 0.698. The zero-order valence-corrected chi connectivity index (χ0v) is 12.9. The second-order valence-corrected chi connectivity index (χ2v) is 6.42. The Labute approximate surface area is 121 Å². The van der Waals surface area contributed by atoms with Crippen LogP contribution in [0.25, 0.3) is 0 Å². The Hall–Kier alpha value is -1.13. The van der Waals surface area contributed by atoms with E-state index in [2.05, 4.69) is 31.0 Å². The van der Waals surface area contributed by atoms with Gasteiger partial charge in [-0.1, -0.05) is 32.9 Å². The fourth-order valence-electron chi connectivity index (χ4n) is 3.05. The Kier molecular flexibility index (Phi) is 4.66. The first-order chi connectivity index (χ1) is 9.45. The number of ether oxygens (including phenoxy) is 1. The summed E-state index contributed by atoms with van der Waals surface area (Å²) in [4.78, 5) is 2.37. The standard InChI is InChI=1S/C16H25FN2O/c1-16(2,3)15(19-10-8-18-9-11-19)12-6-5-7-13(20-4)14(12)17/h5-7,15,18H,8-11H2,1-4H3/t15-/m1/s1. The van der Waals surface area contributed by atoms with Crippen molar-refractivity contribution in [1.82, 2.24) is 10.2 Å². The van der Waals surface area contributed by atoms with E-state index in [1.54, 1.807) is 6.07 Å². The normalized spacial score (nSPS) is 18.9. The summed E-state index contributed by atoms with van der Waals surface area (Å²) in [6, 6.07) is 5.49. The number of hydrogen-bond acceptors (Lipinski definition) is 3. The number of halogens is 1. The van der Waals surface area contributed by atoms with Gasteiger partial charge < -0.3 is 10.1 Å². The lowest BCUT2D eigenvalue weighted by Crippen LogP contribution is -2.48. The molecule has 0 aliphatic carbocycles. The quantitative estimate of drug-likeness (QED) is 0.921. The highest BCUT2D eigenvalue weighted by atomic mass is 19.1. The molecule has 0 bridgehead atoms. The lowest BCUT2D eigenvalue weighted by atomic mass is 9.80. The van der Waals surface area contributed by atoms with Crippen molar-refractivity contribution >= 4 is 0 Å². The number of methoxy groups -OCH3 is 1. The zero-order valence-electron chi connectivity index (χ0n) is 12.9. The van der Waals surface area contributed by atoms with Crippen LogP contribution in [0, 0.1) is 11.2 Å². The lowest BCUT2D eigenvalue weighted by molar-refractivity contribution is 0.0830. The van der Waals surface area contributed by atoms with Crippen LogP contribution in [-0.2, 0) is 0 Å². The first-order valence-electron chi connectivity index (χ1n) is 7.22. The van der Waals surface area contributed by atoms with Crippen molar-refractivity contribution in [2.75, 3.05) is 33.3 Å². The second-order valence-electron chi connectivity index (χ2n) is 6.42. The average Bonchev–Trinajstić information content (AvgIpc) is 2.41. The minimum absolute atomic E-state index is 0.0372. The number of benzene rings is 1. The molecule has 3 nitrogen and oxygen atoms in total. The number of nitrogens with one attached hydrogen (secondary N) is 1. The summed E-state index contributed by atoms with van der Waals surface area (Å²) in [7, 11) is 1.51. The van der Waals surface area contributed by atoms with Gasteiger partial charge in [0.25, 0.3) is 0 Å². The van der Waals surface area contributed by atoms with Gasteiger partial charge in [-0.05, 0) is 11.5 Å². The molecule has 0 radical (unpaired) electrons. The molecule has 0 spiro atoms. The van der Waals surface area contributed by atoms with E-state index in [1.165, 1.54) is 7.11 Å². The summed E-state index contributed by atoms with van der Waals surface area (Å²) in [5, 5.41) is 3.35. The van der Waals surface area contributed by atoms with Crippen LogP contribution in [0.5, 0.6) is 5.75 Å². The molecule has 1 N–H and O–H groups in total. The van der Waals surface area contributed by atoms with E-state index in [0.717, 1.165) is 31.7 Å². The average molecular weight is 280 g/mol. The Morgan fingerprint density at radius 2 is 1.90 bits per heavy atom. The molecular weight excluding hydrogens is 255 g/mol. The fraction of sp³-hybridized carbons (Fsp3) is 0.625. The van der Waals surface area contributed by atoms with E-state index in [-0.39, 0.29) is 17.3 Å². The Bertz CT molecular complexity index is 450. The van der Waals surface area contributed by atoms with E-state index in [4.69, 9.17) is 4.74 Å². The van der Waals surface area contributed by atoms with Crippen LogP contribution in [0.3, 0.4) is 0 Å². The zero-order chi connectivity index (χ0) is 14.8. The molecule has 1 aliphatic rings. The van der Waals surface area contributed by atoms with Gasteiger partial charge in [-0.3, -0.25) is 4.90 Å². The SMILES string of the molecule is COc1cccc([C@@H](N2CCNCC2)C(C)(C)C)c1F. The molecule has 0 aromatic heterocycles. The van der Waals surface area contributed by atoms with Gasteiger partial charge in [-0.25, -0.2) is 4.39 Å². The number of hydrogen-bond donors (Lipinski definition) is 1. The number of rotatable bonds is 3. The van der Waals surface area contributed by atoms with Gasteiger partial charge in [0.05, 0.1) is 7.11 Å². The van der Waals surface area contributed by atoms with Crippen molar-refractivity contribution in [1.29, 1.82) is 0 Å². The van der Waals surface area contributed by atoms with Gasteiger partial charge in [0, 0.05) is 37.8 Å². The molecule has 1 aliphatic heterocycles. The minimum Gasteiger partial charge on any atom is -0.494 e. The van der Waals surface area contributed by atoms with Gasteiger partial charge >= 0.3 is 0 Å². The molecule has 1 heterocycles.